The standard InChI is InChI=1S/C22H28N2O6/c1-5-30-17-10-7-6-9-16(17)22(26)23-12-8-11-20(25)24-15-13-18(27-2)21(29-4)19(14-15)28-3/h6-7,9-10,13-14H,5,8,11-12H2,1-4H3,(H,23,26)(H,24,25). The Balaban J connectivity index is 1.86. The van der Waals surface area contributed by atoms with Crippen LogP contribution in [-0.2, 0) is 4.79 Å². The van der Waals surface area contributed by atoms with E-state index in [2.05, 4.69) is 10.6 Å². The largest absolute Gasteiger partial charge is 0.493 e. The first-order valence-electron chi connectivity index (χ1n) is 9.63. The molecule has 30 heavy (non-hydrogen) atoms. The molecule has 0 atom stereocenters. The van der Waals surface area contributed by atoms with Crippen molar-refractivity contribution in [2.75, 3.05) is 39.8 Å². The van der Waals surface area contributed by atoms with Gasteiger partial charge < -0.3 is 29.6 Å². The van der Waals surface area contributed by atoms with Gasteiger partial charge in [0.25, 0.3) is 5.91 Å². The Morgan fingerprint density at radius 1 is 0.933 bits per heavy atom. The first-order chi connectivity index (χ1) is 14.5. The monoisotopic (exact) mass is 416 g/mol. The highest BCUT2D eigenvalue weighted by Crippen LogP contribution is 2.39. The van der Waals surface area contributed by atoms with Gasteiger partial charge in [-0.25, -0.2) is 0 Å². The van der Waals surface area contributed by atoms with Gasteiger partial charge in [0.15, 0.2) is 11.5 Å². The van der Waals surface area contributed by atoms with E-state index in [4.69, 9.17) is 18.9 Å². The predicted molar refractivity (Wildman–Crippen MR) is 114 cm³/mol. The fourth-order valence-electron chi connectivity index (χ4n) is 2.86. The summed E-state index contributed by atoms with van der Waals surface area (Å²) in [7, 11) is 4.53. The molecule has 162 valence electrons. The van der Waals surface area contributed by atoms with E-state index in [9.17, 15) is 9.59 Å². The summed E-state index contributed by atoms with van der Waals surface area (Å²) in [5.41, 5.74) is 1.01. The maximum atomic E-state index is 12.3. The number of methoxy groups -OCH3 is 3. The molecule has 0 saturated carbocycles. The third kappa shape index (κ3) is 6.04. The predicted octanol–water partition coefficient (Wildman–Crippen LogP) is 3.26. The highest BCUT2D eigenvalue weighted by Gasteiger charge is 2.15. The van der Waals surface area contributed by atoms with E-state index in [0.717, 1.165) is 0 Å². The minimum absolute atomic E-state index is 0.187. The normalized spacial score (nSPS) is 10.1. The molecule has 0 spiro atoms. The fraction of sp³-hybridized carbons (Fsp3) is 0.364. The van der Waals surface area contributed by atoms with E-state index < -0.39 is 0 Å². The number of hydrogen-bond donors (Lipinski definition) is 2. The van der Waals surface area contributed by atoms with Gasteiger partial charge in [-0.2, -0.15) is 0 Å². The highest BCUT2D eigenvalue weighted by molar-refractivity contribution is 5.97. The lowest BCUT2D eigenvalue weighted by Gasteiger charge is -2.14. The van der Waals surface area contributed by atoms with Gasteiger partial charge in [0.2, 0.25) is 11.7 Å². The van der Waals surface area contributed by atoms with E-state index in [1.807, 2.05) is 13.0 Å². The van der Waals surface area contributed by atoms with Crippen molar-refractivity contribution in [3.63, 3.8) is 0 Å². The van der Waals surface area contributed by atoms with Gasteiger partial charge in [-0.05, 0) is 25.5 Å². The average molecular weight is 416 g/mol. The summed E-state index contributed by atoms with van der Waals surface area (Å²) in [6.45, 7) is 2.70. The smallest absolute Gasteiger partial charge is 0.255 e. The number of anilines is 1. The third-order valence-electron chi connectivity index (χ3n) is 4.25. The molecule has 0 aliphatic heterocycles. The van der Waals surface area contributed by atoms with Crippen LogP contribution >= 0.6 is 0 Å². The Morgan fingerprint density at radius 3 is 2.20 bits per heavy atom. The lowest BCUT2D eigenvalue weighted by atomic mass is 10.2. The van der Waals surface area contributed by atoms with Gasteiger partial charge in [0, 0.05) is 30.8 Å². The number of ether oxygens (including phenoxy) is 4. The van der Waals surface area contributed by atoms with Crippen molar-refractivity contribution in [3.05, 3.63) is 42.0 Å². The quantitative estimate of drug-likeness (QED) is 0.546. The third-order valence-corrected chi connectivity index (χ3v) is 4.25. The first-order valence-corrected chi connectivity index (χ1v) is 9.63. The minimum Gasteiger partial charge on any atom is -0.493 e. The van der Waals surface area contributed by atoms with E-state index in [1.54, 1.807) is 30.3 Å². The Labute approximate surface area is 176 Å². The summed E-state index contributed by atoms with van der Waals surface area (Å²) >= 11 is 0. The number of hydrogen-bond acceptors (Lipinski definition) is 6. The second-order valence-corrected chi connectivity index (χ2v) is 6.25. The Morgan fingerprint density at radius 2 is 1.60 bits per heavy atom. The van der Waals surface area contributed by atoms with Crippen molar-refractivity contribution in [2.45, 2.75) is 19.8 Å². The summed E-state index contributed by atoms with van der Waals surface area (Å²) < 4.78 is 21.3. The average Bonchev–Trinajstić information content (AvgIpc) is 2.76. The minimum atomic E-state index is -0.232. The van der Waals surface area contributed by atoms with Crippen LogP contribution in [0.25, 0.3) is 0 Å². The van der Waals surface area contributed by atoms with Crippen LogP contribution in [0.4, 0.5) is 5.69 Å². The number of carbonyl (C=O) groups excluding carboxylic acids is 2. The molecular formula is C22H28N2O6. The van der Waals surface area contributed by atoms with Crippen molar-refractivity contribution >= 4 is 17.5 Å². The lowest BCUT2D eigenvalue weighted by Crippen LogP contribution is -2.26. The Kier molecular flexibility index (Phi) is 8.80. The lowest BCUT2D eigenvalue weighted by molar-refractivity contribution is -0.116. The van der Waals surface area contributed by atoms with Crippen LogP contribution in [0, 0.1) is 0 Å². The van der Waals surface area contributed by atoms with Crippen molar-refractivity contribution in [1.29, 1.82) is 0 Å². The molecule has 8 heteroatoms. The SMILES string of the molecule is CCOc1ccccc1C(=O)NCCCC(=O)Nc1cc(OC)c(OC)c(OC)c1. The molecule has 2 aromatic carbocycles. The van der Waals surface area contributed by atoms with Crippen LogP contribution in [0.3, 0.4) is 0 Å². The number of carbonyl (C=O) groups is 2. The summed E-state index contributed by atoms with van der Waals surface area (Å²) in [4.78, 5) is 24.6. The van der Waals surface area contributed by atoms with Crippen molar-refractivity contribution in [3.8, 4) is 23.0 Å². The molecule has 2 aromatic rings. The fourth-order valence-corrected chi connectivity index (χ4v) is 2.86. The summed E-state index contributed by atoms with van der Waals surface area (Å²) in [6.07, 6.45) is 0.725. The highest BCUT2D eigenvalue weighted by atomic mass is 16.5. The Bertz CT molecular complexity index is 843. The first kappa shape index (κ1) is 22.9. The van der Waals surface area contributed by atoms with Gasteiger partial charge in [-0.15, -0.1) is 0 Å². The van der Waals surface area contributed by atoms with Crippen LogP contribution in [0.2, 0.25) is 0 Å². The van der Waals surface area contributed by atoms with E-state index in [0.29, 0.717) is 53.8 Å². The van der Waals surface area contributed by atoms with Crippen LogP contribution < -0.4 is 29.6 Å². The number of rotatable bonds is 11. The van der Waals surface area contributed by atoms with E-state index in [-0.39, 0.29) is 18.2 Å². The van der Waals surface area contributed by atoms with Crippen molar-refractivity contribution in [2.24, 2.45) is 0 Å². The molecule has 0 aromatic heterocycles. The zero-order valence-corrected chi connectivity index (χ0v) is 17.7. The molecule has 0 aliphatic carbocycles. The van der Waals surface area contributed by atoms with Gasteiger partial charge in [0.05, 0.1) is 33.5 Å². The summed E-state index contributed by atoms with van der Waals surface area (Å²) in [5, 5.41) is 5.61. The van der Waals surface area contributed by atoms with Crippen LogP contribution in [0.1, 0.15) is 30.1 Å². The topological polar surface area (TPSA) is 95.1 Å². The molecule has 0 radical (unpaired) electrons. The van der Waals surface area contributed by atoms with Crippen molar-refractivity contribution in [1.82, 2.24) is 5.32 Å². The number of benzene rings is 2. The van der Waals surface area contributed by atoms with Crippen LogP contribution in [0.15, 0.2) is 36.4 Å². The van der Waals surface area contributed by atoms with Gasteiger partial charge in [-0.1, -0.05) is 12.1 Å². The molecule has 0 bridgehead atoms. The zero-order chi connectivity index (χ0) is 21.9. The van der Waals surface area contributed by atoms with Gasteiger partial charge in [0.1, 0.15) is 5.75 Å². The summed E-state index contributed by atoms with van der Waals surface area (Å²) in [6, 6.07) is 10.4. The molecule has 0 unspecified atom stereocenters. The molecule has 8 nitrogen and oxygen atoms in total. The molecule has 0 aliphatic rings. The molecular weight excluding hydrogens is 388 g/mol. The number of amides is 2. The number of nitrogens with one attached hydrogen (secondary N) is 2. The van der Waals surface area contributed by atoms with Gasteiger partial charge >= 0.3 is 0 Å². The zero-order valence-electron chi connectivity index (χ0n) is 17.7. The molecule has 2 N–H and O–H groups in total. The maximum Gasteiger partial charge on any atom is 0.255 e. The molecule has 2 rings (SSSR count). The maximum absolute atomic E-state index is 12.3. The molecule has 0 heterocycles. The molecule has 2 amide bonds. The number of para-hydroxylation sites is 1. The molecule has 0 fully saturated rings. The van der Waals surface area contributed by atoms with E-state index >= 15 is 0 Å². The summed E-state index contributed by atoms with van der Waals surface area (Å²) in [5.74, 6) is 1.47. The second kappa shape index (κ2) is 11.5. The molecule has 0 saturated heterocycles. The van der Waals surface area contributed by atoms with Gasteiger partial charge in [-0.3, -0.25) is 9.59 Å². The van der Waals surface area contributed by atoms with Crippen LogP contribution in [0.5, 0.6) is 23.0 Å². The van der Waals surface area contributed by atoms with E-state index in [1.165, 1.54) is 21.3 Å². The second-order valence-electron chi connectivity index (χ2n) is 6.25. The Hall–Kier alpha value is -3.42. The van der Waals surface area contributed by atoms with Crippen molar-refractivity contribution < 1.29 is 28.5 Å². The van der Waals surface area contributed by atoms with Crippen LogP contribution in [-0.4, -0.2) is 46.3 Å².